The molecule has 0 saturated carbocycles. The zero-order chi connectivity index (χ0) is 14.8. The molecule has 21 heavy (non-hydrogen) atoms. The number of benzene rings is 1. The molecule has 4 nitrogen and oxygen atoms in total. The number of pyridine rings is 1. The molecule has 3 aromatic rings. The maximum absolute atomic E-state index is 13.6. The van der Waals surface area contributed by atoms with Crippen LogP contribution in [0.5, 0.6) is 0 Å². The summed E-state index contributed by atoms with van der Waals surface area (Å²) < 4.78 is 15.5. The summed E-state index contributed by atoms with van der Waals surface area (Å²) in [6.45, 7) is 2.40. The van der Waals surface area contributed by atoms with Crippen molar-refractivity contribution < 1.29 is 4.39 Å². The van der Waals surface area contributed by atoms with Crippen LogP contribution in [0.4, 0.5) is 10.1 Å². The molecule has 0 atom stereocenters. The molecular weight excluding hydrogens is 267 g/mol. The minimum Gasteiger partial charge on any atom is -0.378 e. The third kappa shape index (κ3) is 2.32. The van der Waals surface area contributed by atoms with E-state index in [2.05, 4.69) is 10.3 Å². The van der Waals surface area contributed by atoms with Crippen molar-refractivity contribution in [2.45, 2.75) is 13.5 Å². The van der Waals surface area contributed by atoms with Gasteiger partial charge in [0.1, 0.15) is 23.1 Å². The minimum absolute atomic E-state index is 0.0315. The zero-order valence-electron chi connectivity index (χ0n) is 11.5. The van der Waals surface area contributed by atoms with Gasteiger partial charge in [-0.05, 0) is 31.2 Å². The molecule has 0 radical (unpaired) electrons. The molecule has 0 aliphatic carbocycles. The number of fused-ring (bicyclic) bond motifs is 1. The van der Waals surface area contributed by atoms with E-state index in [9.17, 15) is 4.39 Å². The normalized spacial score (nSPS) is 10.5. The van der Waals surface area contributed by atoms with E-state index in [0.29, 0.717) is 12.2 Å². The summed E-state index contributed by atoms with van der Waals surface area (Å²) >= 11 is 0. The van der Waals surface area contributed by atoms with Gasteiger partial charge in [-0.25, -0.2) is 9.37 Å². The van der Waals surface area contributed by atoms with Gasteiger partial charge in [0.25, 0.3) is 0 Å². The quantitative estimate of drug-likeness (QED) is 0.801. The Morgan fingerprint density at radius 2 is 2.14 bits per heavy atom. The highest BCUT2D eigenvalue weighted by molar-refractivity contribution is 5.58. The van der Waals surface area contributed by atoms with Crippen molar-refractivity contribution in [3.8, 4) is 6.07 Å². The number of hydrogen-bond acceptors (Lipinski definition) is 3. The fraction of sp³-hybridized carbons (Fsp3) is 0.125. The lowest BCUT2D eigenvalue weighted by atomic mass is 10.2. The Balaban J connectivity index is 1.93. The average Bonchev–Trinajstić information content (AvgIpc) is 2.80. The first-order chi connectivity index (χ1) is 10.2. The van der Waals surface area contributed by atoms with Gasteiger partial charge in [0.05, 0.1) is 23.6 Å². The highest BCUT2D eigenvalue weighted by Gasteiger charge is 2.11. The lowest BCUT2D eigenvalue weighted by molar-refractivity contribution is 0.624. The van der Waals surface area contributed by atoms with Crippen LogP contribution in [0.1, 0.15) is 17.0 Å². The average molecular weight is 280 g/mol. The number of nitrogens with zero attached hydrogens (tertiary/aromatic N) is 3. The van der Waals surface area contributed by atoms with Crippen LogP contribution in [0.3, 0.4) is 0 Å². The Hall–Kier alpha value is -2.87. The van der Waals surface area contributed by atoms with E-state index in [1.54, 1.807) is 12.1 Å². The van der Waals surface area contributed by atoms with Gasteiger partial charge in [-0.1, -0.05) is 12.1 Å². The van der Waals surface area contributed by atoms with Crippen LogP contribution in [0.2, 0.25) is 0 Å². The second kappa shape index (κ2) is 5.25. The summed E-state index contributed by atoms with van der Waals surface area (Å²) in [6.07, 6.45) is 1.93. The number of aromatic nitrogens is 2. The molecule has 0 spiro atoms. The van der Waals surface area contributed by atoms with Crippen LogP contribution in [0.15, 0.2) is 42.6 Å². The van der Waals surface area contributed by atoms with Crippen molar-refractivity contribution >= 4 is 11.3 Å². The number of halogens is 1. The summed E-state index contributed by atoms with van der Waals surface area (Å²) in [5.41, 5.74) is 3.28. The van der Waals surface area contributed by atoms with Crippen LogP contribution in [-0.2, 0) is 6.54 Å². The second-order valence-electron chi connectivity index (χ2n) is 4.70. The molecule has 0 bridgehead atoms. The van der Waals surface area contributed by atoms with Crippen molar-refractivity contribution in [1.82, 2.24) is 9.38 Å². The van der Waals surface area contributed by atoms with Crippen molar-refractivity contribution in [3.05, 3.63) is 65.4 Å². The first-order valence-corrected chi connectivity index (χ1v) is 6.56. The molecule has 1 aromatic carbocycles. The standard InChI is InChI=1S/C16H13FN4/c1-11-15(21-8-3-2-7-16(21)20-11)10-19-14-6-4-5-13(17)12(14)9-18/h2-8,19H,10H2,1H3. The highest BCUT2D eigenvalue weighted by Crippen LogP contribution is 2.20. The summed E-state index contributed by atoms with van der Waals surface area (Å²) in [5, 5.41) is 12.2. The van der Waals surface area contributed by atoms with Crippen LogP contribution in [-0.4, -0.2) is 9.38 Å². The third-order valence-corrected chi connectivity index (χ3v) is 3.40. The van der Waals surface area contributed by atoms with Gasteiger partial charge >= 0.3 is 0 Å². The zero-order valence-corrected chi connectivity index (χ0v) is 11.5. The van der Waals surface area contributed by atoms with E-state index in [1.165, 1.54) is 6.07 Å². The molecule has 104 valence electrons. The number of imidazole rings is 1. The number of anilines is 1. The minimum atomic E-state index is -0.516. The molecule has 5 heteroatoms. The van der Waals surface area contributed by atoms with Crippen LogP contribution < -0.4 is 5.32 Å². The smallest absolute Gasteiger partial charge is 0.143 e. The lowest BCUT2D eigenvalue weighted by Crippen LogP contribution is -2.06. The van der Waals surface area contributed by atoms with Crippen LogP contribution >= 0.6 is 0 Å². The Kier molecular flexibility index (Phi) is 3.28. The number of nitriles is 1. The molecule has 0 unspecified atom stereocenters. The molecule has 2 aromatic heterocycles. The summed E-state index contributed by atoms with van der Waals surface area (Å²) in [6, 6.07) is 12.2. The van der Waals surface area contributed by atoms with E-state index in [0.717, 1.165) is 17.0 Å². The molecular formula is C16H13FN4. The van der Waals surface area contributed by atoms with Gasteiger partial charge in [-0.2, -0.15) is 5.26 Å². The van der Waals surface area contributed by atoms with Crippen LogP contribution in [0, 0.1) is 24.1 Å². The highest BCUT2D eigenvalue weighted by atomic mass is 19.1. The van der Waals surface area contributed by atoms with E-state index in [4.69, 9.17) is 5.26 Å². The first kappa shape index (κ1) is 13.1. The van der Waals surface area contributed by atoms with Crippen molar-refractivity contribution in [2.75, 3.05) is 5.32 Å². The molecule has 0 amide bonds. The van der Waals surface area contributed by atoms with Gasteiger partial charge < -0.3 is 9.72 Å². The number of aryl methyl sites for hydroxylation is 1. The number of rotatable bonds is 3. The SMILES string of the molecule is Cc1nc2ccccn2c1CNc1cccc(F)c1C#N. The van der Waals surface area contributed by atoms with Gasteiger partial charge in [-0.15, -0.1) is 0 Å². The topological polar surface area (TPSA) is 53.1 Å². The fourth-order valence-electron chi connectivity index (χ4n) is 2.34. The molecule has 0 aliphatic rings. The largest absolute Gasteiger partial charge is 0.378 e. The Morgan fingerprint density at radius 1 is 1.29 bits per heavy atom. The maximum Gasteiger partial charge on any atom is 0.143 e. The molecule has 0 fully saturated rings. The molecule has 3 rings (SSSR count). The van der Waals surface area contributed by atoms with Gasteiger partial charge in [0.15, 0.2) is 0 Å². The predicted octanol–water partition coefficient (Wildman–Crippen LogP) is 3.27. The maximum atomic E-state index is 13.6. The molecule has 2 heterocycles. The van der Waals surface area contributed by atoms with Crippen molar-refractivity contribution in [1.29, 1.82) is 5.26 Å². The lowest BCUT2D eigenvalue weighted by Gasteiger charge is -2.09. The molecule has 0 aliphatic heterocycles. The van der Waals surface area contributed by atoms with Crippen molar-refractivity contribution in [2.24, 2.45) is 0 Å². The summed E-state index contributed by atoms with van der Waals surface area (Å²) in [4.78, 5) is 4.47. The summed E-state index contributed by atoms with van der Waals surface area (Å²) in [5.74, 6) is -0.516. The molecule has 0 saturated heterocycles. The monoisotopic (exact) mass is 280 g/mol. The fourth-order valence-corrected chi connectivity index (χ4v) is 2.34. The second-order valence-corrected chi connectivity index (χ2v) is 4.70. The molecule has 1 N–H and O–H groups in total. The number of hydrogen-bond donors (Lipinski definition) is 1. The van der Waals surface area contributed by atoms with Crippen molar-refractivity contribution in [3.63, 3.8) is 0 Å². The summed E-state index contributed by atoms with van der Waals surface area (Å²) in [7, 11) is 0. The van der Waals surface area contributed by atoms with Gasteiger partial charge in [0.2, 0.25) is 0 Å². The van der Waals surface area contributed by atoms with Gasteiger partial charge in [-0.3, -0.25) is 0 Å². The first-order valence-electron chi connectivity index (χ1n) is 6.56. The van der Waals surface area contributed by atoms with E-state index >= 15 is 0 Å². The number of nitrogens with one attached hydrogen (secondary N) is 1. The third-order valence-electron chi connectivity index (χ3n) is 3.40. The Labute approximate surface area is 121 Å². The van der Waals surface area contributed by atoms with Crippen LogP contribution in [0.25, 0.3) is 5.65 Å². The Bertz CT molecular complexity index is 845. The predicted molar refractivity (Wildman–Crippen MR) is 78.4 cm³/mol. The van der Waals surface area contributed by atoms with E-state index in [-0.39, 0.29) is 5.56 Å². The van der Waals surface area contributed by atoms with Gasteiger partial charge in [0, 0.05) is 6.20 Å². The van der Waals surface area contributed by atoms with E-state index < -0.39 is 5.82 Å². The Morgan fingerprint density at radius 3 is 2.95 bits per heavy atom. The van der Waals surface area contributed by atoms with E-state index in [1.807, 2.05) is 41.8 Å².